The molecule has 740 valence electrons. The second-order valence-corrected chi connectivity index (χ2v) is 42.3. The predicted molar refractivity (Wildman–Crippen MR) is 536 cm³/mol. The Morgan fingerprint density at radius 3 is 0.977 bits per heavy atom. The first-order valence-electron chi connectivity index (χ1n) is 50.5. The van der Waals surface area contributed by atoms with Gasteiger partial charge in [0.2, 0.25) is 5.88 Å². The summed E-state index contributed by atoms with van der Waals surface area (Å²) in [5.74, 6) is 1.56. The first-order valence-corrected chi connectivity index (χ1v) is 50.5. The highest BCUT2D eigenvalue weighted by Gasteiger charge is 2.44. The summed E-state index contributed by atoms with van der Waals surface area (Å²) in [5, 5.41) is 30.9. The highest BCUT2D eigenvalue weighted by atomic mass is 16.5. The summed E-state index contributed by atoms with van der Waals surface area (Å²) >= 11 is 0. The summed E-state index contributed by atoms with van der Waals surface area (Å²) in [6.07, 6.45) is 31.4. The van der Waals surface area contributed by atoms with E-state index in [1.807, 2.05) is 111 Å². The quantitative estimate of drug-likeness (QED) is 0.0215. The van der Waals surface area contributed by atoms with Gasteiger partial charge in [0.15, 0.2) is 5.78 Å². The van der Waals surface area contributed by atoms with Crippen LogP contribution in [0, 0.1) is 27.6 Å². The van der Waals surface area contributed by atoms with Crippen molar-refractivity contribution in [3.8, 4) is 5.88 Å². The van der Waals surface area contributed by atoms with Crippen LogP contribution in [0.4, 0.5) is 0 Å². The lowest BCUT2D eigenvalue weighted by molar-refractivity contribution is -0.126. The molecule has 7 aliphatic heterocycles. The number of ketones is 4. The van der Waals surface area contributed by atoms with Gasteiger partial charge in [-0.15, -0.1) is 0 Å². The number of rotatable bonds is 35. The van der Waals surface area contributed by atoms with Gasteiger partial charge < -0.3 is 71.4 Å². The number of aliphatic hydroxyl groups excluding tert-OH is 1. The van der Waals surface area contributed by atoms with E-state index in [4.69, 9.17) is 26.7 Å². The molecule has 7 saturated heterocycles. The topological polar surface area (TPSA) is 326 Å². The molecule has 7 fully saturated rings. The van der Waals surface area contributed by atoms with Crippen molar-refractivity contribution in [3.63, 3.8) is 0 Å². The first kappa shape index (κ1) is 111. The van der Waals surface area contributed by atoms with Crippen LogP contribution in [-0.2, 0) is 62.4 Å². The summed E-state index contributed by atoms with van der Waals surface area (Å²) in [5.41, 5.74) is 23.2. The van der Waals surface area contributed by atoms with Crippen molar-refractivity contribution in [2.75, 3.05) is 118 Å². The van der Waals surface area contributed by atoms with Gasteiger partial charge in [-0.05, 0) is 345 Å². The fourth-order valence-corrected chi connectivity index (χ4v) is 20.2. The third-order valence-electron chi connectivity index (χ3n) is 29.7. The molecule has 0 saturated carbocycles. The van der Waals surface area contributed by atoms with E-state index in [-0.39, 0.29) is 57.0 Å². The number of nitrogens with zero attached hydrogens (tertiary/aromatic N) is 13. The molecular weight excluding hydrogens is 1670 g/mol. The highest BCUT2D eigenvalue weighted by Crippen LogP contribution is 2.44. The third-order valence-corrected chi connectivity index (χ3v) is 29.7. The van der Waals surface area contributed by atoms with Crippen LogP contribution >= 0.6 is 0 Å². The fourth-order valence-electron chi connectivity index (χ4n) is 20.2. The number of hydrogen-bond donors (Lipinski definition) is 6. The standard InChI is InChI=1S/C22H35N3O2.C20H33N3O.C19H31N3O2.C18H29N3O.C15H24N2O2.C14H22N2O/c1-19(2)25-11-7-22(8-12-25,17-20-5-3-4-9-23-20)18-21(26)6-10-24-13-15-27-16-14-24;1-15(2)19(21)18(24)14-20(13-17-7-5-6-10-22-17)8-11-23(12-9-20)16(3)4;1-14(2)22-10-7-19(8-11-22,12-16-6-4-5-9-21-16)13-17(24)18(20)15(3)23;1-14(2)21-10-7-18(8-11-21,13-17(22)15(3)19)12-16-6-4-5-9-20-16;1-12(2)17-8-6-15(18,7-9-17)10-13-4-5-14(19-3)16-11-13;1-12(2)16-8-5-14(17,6-9-16)10-13-4-3-7-15-11-13/h3-5,9,19H,6-8,10-18H2,1-2H3;5-7,10,15-16,19H,8-9,11-14,21H2,1-4H3;4-6,9,14-15,18,23H,7-8,10-13,20H2,1-3H3;4-6,9,14-15H,7-8,10-13,19H2,1-3H3;4-5,11-12,18H,6-10H2,1-3H3;3-4,7,11-12,17H,5-6,8-10H2,1-2H3. The van der Waals surface area contributed by atoms with Gasteiger partial charge in [0, 0.05) is 199 Å². The molecule has 0 spiro atoms. The Balaban J connectivity index is 0.000000198. The number of Topliss-reactive ketones (excluding diaryl/α,β-unsaturated/α-hetero) is 4. The van der Waals surface area contributed by atoms with Crippen molar-refractivity contribution < 1.29 is 44.0 Å². The molecule has 25 nitrogen and oxygen atoms in total. The Kier molecular flexibility index (Phi) is 45.8. The number of pyridine rings is 6. The second-order valence-electron chi connectivity index (χ2n) is 42.3. The van der Waals surface area contributed by atoms with Crippen LogP contribution in [-0.4, -0.2) is 293 Å². The third kappa shape index (κ3) is 37.6. The Bertz CT molecular complexity index is 4130. The average Bonchev–Trinajstić information content (AvgIpc) is 0.826. The Morgan fingerprint density at radius 2 is 0.699 bits per heavy atom. The molecule has 7 aliphatic rings. The average molecular weight is 1840 g/mol. The lowest BCUT2D eigenvalue weighted by Crippen LogP contribution is -2.48. The van der Waals surface area contributed by atoms with Gasteiger partial charge in [-0.1, -0.05) is 50.2 Å². The molecule has 13 heterocycles. The molecule has 0 aliphatic carbocycles. The number of ether oxygens (including phenoxy) is 2. The smallest absolute Gasteiger partial charge is 0.212 e. The Labute approximate surface area is 800 Å². The molecule has 6 aromatic heterocycles. The largest absolute Gasteiger partial charge is 0.481 e. The lowest BCUT2D eigenvalue weighted by atomic mass is 9.70. The van der Waals surface area contributed by atoms with Gasteiger partial charge in [0.1, 0.15) is 17.3 Å². The van der Waals surface area contributed by atoms with Gasteiger partial charge in [0.05, 0.1) is 55.8 Å². The van der Waals surface area contributed by atoms with Crippen LogP contribution in [0.3, 0.4) is 0 Å². The number of carbonyl (C=O) groups is 4. The van der Waals surface area contributed by atoms with Crippen molar-refractivity contribution in [3.05, 3.63) is 174 Å². The predicted octanol–water partition coefficient (Wildman–Crippen LogP) is 13.8. The number of morpholine rings is 1. The zero-order chi connectivity index (χ0) is 96.9. The maximum absolute atomic E-state index is 12.9. The molecule has 0 amide bonds. The maximum atomic E-state index is 12.9. The van der Waals surface area contributed by atoms with E-state index in [0.29, 0.717) is 86.4 Å². The molecule has 9 N–H and O–H groups in total. The van der Waals surface area contributed by atoms with Gasteiger partial charge >= 0.3 is 0 Å². The molecule has 4 atom stereocenters. The number of aromatic nitrogens is 6. The number of nitrogens with two attached hydrogens (primary N) is 3. The van der Waals surface area contributed by atoms with E-state index in [1.54, 1.807) is 39.5 Å². The Morgan fingerprint density at radius 1 is 0.376 bits per heavy atom. The van der Waals surface area contributed by atoms with E-state index in [0.717, 1.165) is 254 Å². The summed E-state index contributed by atoms with van der Waals surface area (Å²) in [6, 6.07) is 33.8. The van der Waals surface area contributed by atoms with E-state index in [1.165, 1.54) is 0 Å². The summed E-state index contributed by atoms with van der Waals surface area (Å²) < 4.78 is 10.4. The van der Waals surface area contributed by atoms with Crippen LogP contribution in [0.25, 0.3) is 0 Å². The summed E-state index contributed by atoms with van der Waals surface area (Å²) in [6.45, 7) is 50.8. The number of likely N-dealkylation sites (tertiary alicyclic amines) is 6. The van der Waals surface area contributed by atoms with Crippen molar-refractivity contribution in [1.82, 2.24) is 64.2 Å². The van der Waals surface area contributed by atoms with Crippen LogP contribution < -0.4 is 21.9 Å². The minimum atomic E-state index is -0.805. The first-order chi connectivity index (χ1) is 63.2. The van der Waals surface area contributed by atoms with E-state index >= 15 is 0 Å². The van der Waals surface area contributed by atoms with Gasteiger partial charge in [-0.3, -0.25) is 49.0 Å². The zero-order valence-electron chi connectivity index (χ0n) is 84.8. The monoisotopic (exact) mass is 1840 g/mol. The van der Waals surface area contributed by atoms with Crippen LogP contribution in [0.2, 0.25) is 0 Å². The molecule has 133 heavy (non-hydrogen) atoms. The number of aliphatic hydroxyl groups is 3. The van der Waals surface area contributed by atoms with Gasteiger partial charge in [-0.2, -0.15) is 0 Å². The summed E-state index contributed by atoms with van der Waals surface area (Å²) in [7, 11) is 1.61. The second kappa shape index (κ2) is 54.8. The molecule has 4 unspecified atom stereocenters. The number of carbonyl (C=O) groups excluding carboxylic acids is 4. The van der Waals surface area contributed by atoms with Crippen molar-refractivity contribution in [2.24, 2.45) is 44.8 Å². The van der Waals surface area contributed by atoms with E-state index in [2.05, 4.69) is 172 Å². The van der Waals surface area contributed by atoms with Crippen molar-refractivity contribution in [2.45, 2.75) is 330 Å². The minimum Gasteiger partial charge on any atom is -0.481 e. The highest BCUT2D eigenvalue weighted by molar-refractivity contribution is 5.86. The van der Waals surface area contributed by atoms with Crippen molar-refractivity contribution in [1.29, 1.82) is 0 Å². The van der Waals surface area contributed by atoms with E-state index in [9.17, 15) is 34.5 Å². The summed E-state index contributed by atoms with van der Waals surface area (Å²) in [4.78, 5) is 93.8. The van der Waals surface area contributed by atoms with Crippen LogP contribution in [0.15, 0.2) is 140 Å². The number of piperidine rings is 6. The van der Waals surface area contributed by atoms with Crippen molar-refractivity contribution >= 4 is 23.1 Å². The normalized spacial score (nSPS) is 20.4. The fraction of sp³-hybridized carbons (Fsp3) is 0.685. The lowest BCUT2D eigenvalue weighted by Gasteiger charge is -2.43. The van der Waals surface area contributed by atoms with Crippen LogP contribution in [0.5, 0.6) is 5.88 Å². The molecule has 25 heteroatoms. The maximum Gasteiger partial charge on any atom is 0.212 e. The molecule has 13 rings (SSSR count). The molecule has 0 aromatic carbocycles. The Hall–Kier alpha value is -7.18. The molecule has 6 aromatic rings. The van der Waals surface area contributed by atoms with E-state index < -0.39 is 23.3 Å². The zero-order valence-corrected chi connectivity index (χ0v) is 84.8. The molecule has 0 bridgehead atoms. The molecule has 0 radical (unpaired) electrons. The minimum absolute atomic E-state index is 0.00331. The van der Waals surface area contributed by atoms with Gasteiger partial charge in [0.25, 0.3) is 0 Å². The molecular formula is C108H174N16O9. The number of hydrogen-bond acceptors (Lipinski definition) is 25. The van der Waals surface area contributed by atoms with Gasteiger partial charge in [-0.25, -0.2) is 4.98 Å². The van der Waals surface area contributed by atoms with Crippen LogP contribution in [0.1, 0.15) is 254 Å². The number of methoxy groups -OCH3 is 1. The SMILES string of the molecule is CC(C)C(N)C(=O)CC1(Cc2ccccn2)CCN(C(C)C)CC1.CC(C)N1CCC(CC(=O)CCN2CCOCC2)(Cc2ccccn2)CC1.CC(C)N1CCC(O)(Cc2cccnc2)CC1.CC(N)C(=O)CC1(Cc2ccccn2)CCN(C(C)C)CC1.CC(O)C(N)C(=O)CC1(Cc2ccccn2)CCN(C(C)C)CC1.COc1ccc(CC2(O)CCN(C(C)C)CC2)cn1.